The molecule has 1 N–H and O–H groups in total. The lowest BCUT2D eigenvalue weighted by Gasteiger charge is -2.44. The van der Waals surface area contributed by atoms with Gasteiger partial charge in [0.25, 0.3) is 0 Å². The lowest BCUT2D eigenvalue weighted by molar-refractivity contribution is 0.0645. The van der Waals surface area contributed by atoms with Gasteiger partial charge in [0.2, 0.25) is 0 Å². The van der Waals surface area contributed by atoms with E-state index in [0.29, 0.717) is 0 Å². The van der Waals surface area contributed by atoms with Gasteiger partial charge in [-0.3, -0.25) is 4.90 Å². The van der Waals surface area contributed by atoms with E-state index in [1.54, 1.807) is 0 Å². The van der Waals surface area contributed by atoms with Crippen LogP contribution >= 0.6 is 15.9 Å². The molecule has 2 unspecified atom stereocenters. The minimum Gasteiger partial charge on any atom is -0.384 e. The summed E-state index contributed by atoms with van der Waals surface area (Å²) in [5, 5.41) is 3.56. The van der Waals surface area contributed by atoms with Crippen LogP contribution in [0.3, 0.4) is 0 Å². The number of rotatable bonds is 4. The van der Waals surface area contributed by atoms with E-state index in [2.05, 4.69) is 50.4 Å². The predicted octanol–water partition coefficient (Wildman–Crippen LogP) is 4.52. The van der Waals surface area contributed by atoms with Crippen LogP contribution in [0.4, 0.5) is 5.69 Å². The molecule has 0 radical (unpaired) electrons. The average molecular weight is 337 g/mol. The first kappa shape index (κ1) is 14.4. The van der Waals surface area contributed by atoms with Crippen LogP contribution in [0.25, 0.3) is 0 Å². The second kappa shape index (κ2) is 6.95. The highest BCUT2D eigenvalue weighted by molar-refractivity contribution is 9.10. The van der Waals surface area contributed by atoms with E-state index < -0.39 is 0 Å². The van der Waals surface area contributed by atoms with E-state index in [1.807, 2.05) is 0 Å². The van der Waals surface area contributed by atoms with Gasteiger partial charge in [-0.1, -0.05) is 34.8 Å². The van der Waals surface area contributed by atoms with Gasteiger partial charge < -0.3 is 5.32 Å². The Hall–Kier alpha value is -0.540. The number of hydrogen-bond donors (Lipinski definition) is 1. The van der Waals surface area contributed by atoms with E-state index in [0.717, 1.165) is 23.0 Å². The first-order valence-electron chi connectivity index (χ1n) is 8.06. The van der Waals surface area contributed by atoms with E-state index in [1.165, 1.54) is 57.3 Å². The molecule has 1 heterocycles. The van der Waals surface area contributed by atoms with Gasteiger partial charge in [-0.2, -0.15) is 0 Å². The summed E-state index contributed by atoms with van der Waals surface area (Å²) in [6.07, 6.45) is 8.68. The smallest absolute Gasteiger partial charge is 0.0351 e. The largest absolute Gasteiger partial charge is 0.384 e. The Kier molecular flexibility index (Phi) is 5.00. The Morgan fingerprint density at radius 2 is 2.00 bits per heavy atom. The van der Waals surface area contributed by atoms with Gasteiger partial charge in [0, 0.05) is 29.3 Å². The monoisotopic (exact) mass is 336 g/mol. The van der Waals surface area contributed by atoms with E-state index in [9.17, 15) is 0 Å². The summed E-state index contributed by atoms with van der Waals surface area (Å²) >= 11 is 3.53. The summed E-state index contributed by atoms with van der Waals surface area (Å²) < 4.78 is 1.15. The molecule has 0 spiro atoms. The fourth-order valence-corrected chi connectivity index (χ4v) is 4.35. The standard InChI is InChI=1S/C17H25BrN2/c18-15-7-3-8-16(13-15)19-10-12-20-11-4-6-14-5-1-2-9-17(14)20/h3,7-8,13-14,17,19H,1-2,4-6,9-12H2. The molecule has 20 heavy (non-hydrogen) atoms. The van der Waals surface area contributed by atoms with Gasteiger partial charge in [-0.15, -0.1) is 0 Å². The van der Waals surface area contributed by atoms with Crippen molar-refractivity contribution in [2.45, 2.75) is 44.6 Å². The van der Waals surface area contributed by atoms with Crippen molar-refractivity contribution in [3.63, 3.8) is 0 Å². The maximum absolute atomic E-state index is 3.56. The molecule has 3 rings (SSSR count). The van der Waals surface area contributed by atoms with Crippen molar-refractivity contribution in [3.8, 4) is 0 Å². The first-order chi connectivity index (χ1) is 9.83. The molecule has 2 nitrogen and oxygen atoms in total. The van der Waals surface area contributed by atoms with Gasteiger partial charge in [0.15, 0.2) is 0 Å². The number of hydrogen-bond acceptors (Lipinski definition) is 2. The highest BCUT2D eigenvalue weighted by Crippen LogP contribution is 2.34. The van der Waals surface area contributed by atoms with Crippen molar-refractivity contribution in [1.29, 1.82) is 0 Å². The van der Waals surface area contributed by atoms with Gasteiger partial charge in [0.1, 0.15) is 0 Å². The van der Waals surface area contributed by atoms with E-state index >= 15 is 0 Å². The molecule has 0 amide bonds. The SMILES string of the molecule is Brc1cccc(NCCN2CCCC3CCCCC32)c1. The highest BCUT2D eigenvalue weighted by Gasteiger charge is 2.32. The molecule has 2 aliphatic rings. The van der Waals surface area contributed by atoms with Crippen LogP contribution in [0.1, 0.15) is 38.5 Å². The molecule has 0 bridgehead atoms. The third kappa shape index (κ3) is 3.56. The van der Waals surface area contributed by atoms with Crippen molar-refractivity contribution < 1.29 is 0 Å². The fraction of sp³-hybridized carbons (Fsp3) is 0.647. The number of fused-ring (bicyclic) bond motifs is 1. The van der Waals surface area contributed by atoms with E-state index in [-0.39, 0.29) is 0 Å². The second-order valence-corrected chi connectivity index (χ2v) is 7.14. The summed E-state index contributed by atoms with van der Waals surface area (Å²) in [5.41, 5.74) is 1.22. The predicted molar refractivity (Wildman–Crippen MR) is 89.2 cm³/mol. The summed E-state index contributed by atoms with van der Waals surface area (Å²) in [5.74, 6) is 0.989. The normalized spacial score (nSPS) is 27.1. The topological polar surface area (TPSA) is 15.3 Å². The maximum atomic E-state index is 3.56. The number of halogens is 1. The van der Waals surface area contributed by atoms with Crippen molar-refractivity contribution >= 4 is 21.6 Å². The van der Waals surface area contributed by atoms with Gasteiger partial charge in [-0.25, -0.2) is 0 Å². The van der Waals surface area contributed by atoms with Crippen LogP contribution in [-0.4, -0.2) is 30.6 Å². The summed E-state index contributed by atoms with van der Waals surface area (Å²) in [6, 6.07) is 9.33. The third-order valence-corrected chi connectivity index (χ3v) is 5.40. The van der Waals surface area contributed by atoms with Gasteiger partial charge >= 0.3 is 0 Å². The molecule has 2 atom stereocenters. The van der Waals surface area contributed by atoms with Crippen molar-refractivity contribution in [2.24, 2.45) is 5.92 Å². The number of piperidine rings is 1. The second-order valence-electron chi connectivity index (χ2n) is 6.23. The Labute approximate surface area is 131 Å². The molecular formula is C17H25BrN2. The Morgan fingerprint density at radius 1 is 1.15 bits per heavy atom. The van der Waals surface area contributed by atoms with Gasteiger partial charge in [0.05, 0.1) is 0 Å². The minimum atomic E-state index is 0.877. The number of nitrogens with one attached hydrogen (secondary N) is 1. The van der Waals surface area contributed by atoms with Gasteiger partial charge in [-0.05, 0) is 56.3 Å². The Bertz CT molecular complexity index is 433. The zero-order valence-corrected chi connectivity index (χ0v) is 13.7. The molecule has 1 aromatic rings. The molecule has 3 heteroatoms. The Morgan fingerprint density at radius 3 is 2.90 bits per heavy atom. The van der Waals surface area contributed by atoms with Crippen LogP contribution in [0.2, 0.25) is 0 Å². The summed E-state index contributed by atoms with van der Waals surface area (Å²) in [7, 11) is 0. The molecule has 110 valence electrons. The molecule has 2 fully saturated rings. The van der Waals surface area contributed by atoms with Crippen LogP contribution in [0.15, 0.2) is 28.7 Å². The van der Waals surface area contributed by atoms with Crippen LogP contribution < -0.4 is 5.32 Å². The number of anilines is 1. The molecular weight excluding hydrogens is 312 g/mol. The minimum absolute atomic E-state index is 0.877. The highest BCUT2D eigenvalue weighted by atomic mass is 79.9. The number of likely N-dealkylation sites (tertiary alicyclic amines) is 1. The average Bonchev–Trinajstić information content (AvgIpc) is 2.48. The molecule has 0 aromatic heterocycles. The van der Waals surface area contributed by atoms with E-state index in [4.69, 9.17) is 0 Å². The molecule has 1 saturated carbocycles. The molecule has 1 saturated heterocycles. The maximum Gasteiger partial charge on any atom is 0.0351 e. The lowest BCUT2D eigenvalue weighted by atomic mass is 9.78. The van der Waals surface area contributed by atoms with Crippen molar-refractivity contribution in [3.05, 3.63) is 28.7 Å². The quantitative estimate of drug-likeness (QED) is 0.869. The van der Waals surface area contributed by atoms with Crippen LogP contribution in [0.5, 0.6) is 0 Å². The fourth-order valence-electron chi connectivity index (χ4n) is 3.95. The first-order valence-corrected chi connectivity index (χ1v) is 8.86. The third-order valence-electron chi connectivity index (χ3n) is 4.91. The molecule has 1 aromatic carbocycles. The molecule has 1 aliphatic carbocycles. The number of benzene rings is 1. The zero-order chi connectivity index (χ0) is 13.8. The summed E-state index contributed by atoms with van der Waals surface area (Å²) in [4.78, 5) is 2.75. The lowest BCUT2D eigenvalue weighted by Crippen LogP contribution is -2.48. The Balaban J connectivity index is 1.50. The van der Waals surface area contributed by atoms with Crippen molar-refractivity contribution in [2.75, 3.05) is 25.0 Å². The number of nitrogens with zero attached hydrogens (tertiary/aromatic N) is 1. The molecule has 1 aliphatic heterocycles. The zero-order valence-electron chi connectivity index (χ0n) is 12.2. The van der Waals surface area contributed by atoms with Crippen molar-refractivity contribution in [1.82, 2.24) is 4.90 Å². The van der Waals surface area contributed by atoms with Crippen LogP contribution in [0, 0.1) is 5.92 Å². The summed E-state index contributed by atoms with van der Waals surface area (Å²) in [6.45, 7) is 3.55. The van der Waals surface area contributed by atoms with Crippen LogP contribution in [-0.2, 0) is 0 Å².